The molecule has 0 aliphatic carbocycles. The van der Waals surface area contributed by atoms with Gasteiger partial charge in [-0.05, 0) is 61.0 Å². The molecule has 36 heavy (non-hydrogen) atoms. The number of halogens is 1. The average Bonchev–Trinajstić information content (AvgIpc) is 3.31. The molecule has 0 atom stereocenters. The largest absolute Gasteiger partial charge is 0.490 e. The SMILES string of the molecule is CCOc1cc(/C=C2\C(=O)NC(=O)N(c3cccc(Br)c3)C2=O)ccc1OCc1ccc(C(=O)O)o1. The summed E-state index contributed by atoms with van der Waals surface area (Å²) < 4.78 is 17.2. The molecule has 2 N–H and O–H groups in total. The second-order valence-corrected chi connectivity index (χ2v) is 8.35. The van der Waals surface area contributed by atoms with Crippen LogP contribution in [0, 0.1) is 0 Å². The van der Waals surface area contributed by atoms with Crippen molar-refractivity contribution in [1.29, 1.82) is 0 Å². The first-order chi connectivity index (χ1) is 17.3. The number of hydrogen-bond donors (Lipinski definition) is 2. The van der Waals surface area contributed by atoms with Crippen LogP contribution in [0.3, 0.4) is 0 Å². The van der Waals surface area contributed by atoms with Crippen LogP contribution in [0.5, 0.6) is 11.5 Å². The smallest absolute Gasteiger partial charge is 0.371 e. The summed E-state index contributed by atoms with van der Waals surface area (Å²) in [5.41, 5.74) is 0.523. The van der Waals surface area contributed by atoms with Crippen LogP contribution < -0.4 is 19.7 Å². The minimum atomic E-state index is -1.19. The molecule has 2 heterocycles. The first-order valence-corrected chi connectivity index (χ1v) is 11.4. The van der Waals surface area contributed by atoms with Gasteiger partial charge in [0.1, 0.15) is 17.9 Å². The third-order valence-corrected chi connectivity index (χ3v) is 5.48. The van der Waals surface area contributed by atoms with Crippen molar-refractivity contribution < 1.29 is 38.2 Å². The van der Waals surface area contributed by atoms with Crippen molar-refractivity contribution in [2.75, 3.05) is 11.5 Å². The molecule has 11 heteroatoms. The van der Waals surface area contributed by atoms with Gasteiger partial charge in [-0.25, -0.2) is 14.5 Å². The van der Waals surface area contributed by atoms with Crippen LogP contribution in [-0.4, -0.2) is 35.5 Å². The number of imide groups is 2. The van der Waals surface area contributed by atoms with E-state index in [0.717, 1.165) is 4.90 Å². The lowest BCUT2D eigenvalue weighted by molar-refractivity contribution is -0.122. The van der Waals surface area contributed by atoms with E-state index in [4.69, 9.17) is 19.0 Å². The van der Waals surface area contributed by atoms with E-state index in [9.17, 15) is 19.2 Å². The molecule has 1 aliphatic heterocycles. The predicted octanol–water partition coefficient (Wildman–Crippen LogP) is 4.38. The topological polar surface area (TPSA) is 135 Å². The van der Waals surface area contributed by atoms with Gasteiger partial charge >= 0.3 is 12.0 Å². The van der Waals surface area contributed by atoms with Crippen LogP contribution in [-0.2, 0) is 16.2 Å². The van der Waals surface area contributed by atoms with Gasteiger partial charge in [0.05, 0.1) is 12.3 Å². The van der Waals surface area contributed by atoms with E-state index in [-0.39, 0.29) is 17.9 Å². The lowest BCUT2D eigenvalue weighted by atomic mass is 10.1. The van der Waals surface area contributed by atoms with E-state index in [1.54, 1.807) is 49.4 Å². The maximum absolute atomic E-state index is 13.1. The standard InChI is InChI=1S/C25H19BrN2O8/c1-2-34-21-11-14(6-8-19(21)35-13-17-7-9-20(36-17)24(31)32)10-18-22(29)27-25(33)28(23(18)30)16-5-3-4-15(26)12-16/h3-12H,2,13H2,1H3,(H,31,32)(H,27,29,33)/b18-10+. The Balaban J connectivity index is 1.59. The van der Waals surface area contributed by atoms with Crippen LogP contribution in [0.1, 0.15) is 28.8 Å². The lowest BCUT2D eigenvalue weighted by Gasteiger charge is -2.26. The van der Waals surface area contributed by atoms with Gasteiger partial charge in [-0.15, -0.1) is 0 Å². The Morgan fingerprint density at radius 1 is 1.08 bits per heavy atom. The van der Waals surface area contributed by atoms with E-state index in [2.05, 4.69) is 21.2 Å². The lowest BCUT2D eigenvalue weighted by Crippen LogP contribution is -2.54. The molecule has 0 spiro atoms. The van der Waals surface area contributed by atoms with E-state index in [1.165, 1.54) is 18.2 Å². The Morgan fingerprint density at radius 3 is 2.58 bits per heavy atom. The number of carboxylic acids is 1. The molecule has 3 aromatic rings. The normalized spacial score (nSPS) is 14.7. The van der Waals surface area contributed by atoms with Gasteiger partial charge in [-0.1, -0.05) is 28.1 Å². The molecule has 10 nitrogen and oxygen atoms in total. The van der Waals surface area contributed by atoms with Gasteiger partial charge in [-0.3, -0.25) is 14.9 Å². The number of carbonyl (C=O) groups excluding carboxylic acids is 3. The second kappa shape index (κ2) is 10.5. The number of urea groups is 1. The van der Waals surface area contributed by atoms with Crippen molar-refractivity contribution in [3.63, 3.8) is 0 Å². The van der Waals surface area contributed by atoms with E-state index < -0.39 is 23.8 Å². The zero-order valence-electron chi connectivity index (χ0n) is 18.8. The van der Waals surface area contributed by atoms with Crippen molar-refractivity contribution in [1.82, 2.24) is 5.32 Å². The number of anilines is 1. The molecule has 0 saturated carbocycles. The quantitative estimate of drug-likeness (QED) is 0.309. The molecule has 4 amide bonds. The summed E-state index contributed by atoms with van der Waals surface area (Å²) in [5, 5.41) is 11.2. The molecule has 1 aromatic heterocycles. The molecule has 0 unspecified atom stereocenters. The Bertz CT molecular complexity index is 1390. The van der Waals surface area contributed by atoms with Crippen molar-refractivity contribution >= 4 is 51.5 Å². The number of nitrogens with zero attached hydrogens (tertiary/aromatic N) is 1. The summed E-state index contributed by atoms with van der Waals surface area (Å²) in [4.78, 5) is 49.8. The second-order valence-electron chi connectivity index (χ2n) is 7.44. The summed E-state index contributed by atoms with van der Waals surface area (Å²) in [6.07, 6.45) is 1.35. The molecule has 0 bridgehead atoms. The van der Waals surface area contributed by atoms with Gasteiger partial charge < -0.3 is 19.0 Å². The van der Waals surface area contributed by atoms with Crippen molar-refractivity contribution in [2.24, 2.45) is 0 Å². The monoisotopic (exact) mass is 554 g/mol. The number of hydrogen-bond acceptors (Lipinski definition) is 7. The van der Waals surface area contributed by atoms with Crippen LogP contribution in [0.2, 0.25) is 0 Å². The predicted molar refractivity (Wildman–Crippen MR) is 131 cm³/mol. The molecule has 184 valence electrons. The number of furan rings is 1. The number of rotatable bonds is 8. The highest BCUT2D eigenvalue weighted by Crippen LogP contribution is 2.31. The number of ether oxygens (including phenoxy) is 2. The third kappa shape index (κ3) is 5.31. The summed E-state index contributed by atoms with van der Waals surface area (Å²) in [6, 6.07) is 13.3. The number of carboxylic acid groups (broad SMARTS) is 1. The van der Waals surface area contributed by atoms with Crippen molar-refractivity contribution in [3.8, 4) is 11.5 Å². The van der Waals surface area contributed by atoms with Gasteiger partial charge in [0.15, 0.2) is 11.5 Å². The number of aromatic carboxylic acids is 1. The number of barbiturate groups is 1. The van der Waals surface area contributed by atoms with Crippen LogP contribution in [0.4, 0.5) is 10.5 Å². The molecule has 0 radical (unpaired) electrons. The highest BCUT2D eigenvalue weighted by molar-refractivity contribution is 9.10. The zero-order valence-corrected chi connectivity index (χ0v) is 20.4. The van der Waals surface area contributed by atoms with Crippen LogP contribution in [0.15, 0.2) is 69.1 Å². The van der Waals surface area contributed by atoms with Gasteiger partial charge in [0.2, 0.25) is 5.76 Å². The summed E-state index contributed by atoms with van der Waals surface area (Å²) in [7, 11) is 0. The Morgan fingerprint density at radius 2 is 1.89 bits per heavy atom. The van der Waals surface area contributed by atoms with Crippen molar-refractivity contribution in [3.05, 3.63) is 81.7 Å². The van der Waals surface area contributed by atoms with Gasteiger partial charge in [0, 0.05) is 4.47 Å². The maximum atomic E-state index is 13.1. The Kier molecular flexibility index (Phi) is 7.20. The number of benzene rings is 2. The minimum absolute atomic E-state index is 0.0433. The fraction of sp³-hybridized carbons (Fsp3) is 0.120. The Labute approximate surface area is 213 Å². The highest BCUT2D eigenvalue weighted by atomic mass is 79.9. The molecule has 4 rings (SSSR count). The van der Waals surface area contributed by atoms with E-state index >= 15 is 0 Å². The zero-order chi connectivity index (χ0) is 25.8. The molecular formula is C25H19BrN2O8. The average molecular weight is 555 g/mol. The highest BCUT2D eigenvalue weighted by Gasteiger charge is 2.36. The van der Waals surface area contributed by atoms with Crippen molar-refractivity contribution in [2.45, 2.75) is 13.5 Å². The van der Waals surface area contributed by atoms with Crippen LogP contribution >= 0.6 is 15.9 Å². The summed E-state index contributed by atoms with van der Waals surface area (Å²) in [6.45, 7) is 2.05. The van der Waals surface area contributed by atoms with E-state index in [0.29, 0.717) is 39.6 Å². The number of amides is 4. The minimum Gasteiger partial charge on any atom is -0.490 e. The Hall–Kier alpha value is -4.38. The number of carbonyl (C=O) groups is 4. The first-order valence-electron chi connectivity index (χ1n) is 10.7. The fourth-order valence-corrected chi connectivity index (χ4v) is 3.78. The summed E-state index contributed by atoms with van der Waals surface area (Å²) in [5.74, 6) is -1.99. The summed E-state index contributed by atoms with van der Waals surface area (Å²) >= 11 is 3.30. The molecule has 1 fully saturated rings. The third-order valence-electron chi connectivity index (χ3n) is 4.99. The van der Waals surface area contributed by atoms with Gasteiger partial charge in [0.25, 0.3) is 11.8 Å². The van der Waals surface area contributed by atoms with Gasteiger partial charge in [-0.2, -0.15) is 0 Å². The molecule has 1 aliphatic rings. The van der Waals surface area contributed by atoms with Crippen LogP contribution in [0.25, 0.3) is 6.08 Å². The number of nitrogens with one attached hydrogen (secondary N) is 1. The molecular weight excluding hydrogens is 536 g/mol. The maximum Gasteiger partial charge on any atom is 0.371 e. The fourth-order valence-electron chi connectivity index (χ4n) is 3.40. The molecule has 2 aromatic carbocycles. The first kappa shape index (κ1) is 24.7. The van der Waals surface area contributed by atoms with E-state index in [1.807, 2.05) is 0 Å². The molecule has 1 saturated heterocycles.